The van der Waals surface area contributed by atoms with Gasteiger partial charge in [0.15, 0.2) is 0 Å². The Balaban J connectivity index is 0.00000225. The molecule has 0 spiro atoms. The summed E-state index contributed by atoms with van der Waals surface area (Å²) in [6.07, 6.45) is 5.67. The minimum atomic E-state index is -0.0106. The van der Waals surface area contributed by atoms with Crippen molar-refractivity contribution in [3.8, 4) is 0 Å². The first-order valence-electron chi connectivity index (χ1n) is 8.74. The number of halogens is 1. The van der Waals surface area contributed by atoms with E-state index in [1.165, 1.54) is 0 Å². The van der Waals surface area contributed by atoms with Gasteiger partial charge in [0.2, 0.25) is 0 Å². The Kier molecular flexibility index (Phi) is 7.40. The van der Waals surface area contributed by atoms with E-state index < -0.39 is 0 Å². The zero-order chi connectivity index (χ0) is 16.8. The summed E-state index contributed by atoms with van der Waals surface area (Å²) in [6, 6.07) is 7.91. The normalized spacial score (nSPS) is 17.4. The maximum atomic E-state index is 13.1. The Morgan fingerprint density at radius 1 is 1.32 bits per heavy atom. The summed E-state index contributed by atoms with van der Waals surface area (Å²) in [5, 5.41) is 10.6. The van der Waals surface area contributed by atoms with E-state index in [-0.39, 0.29) is 24.4 Å². The number of carbonyl (C=O) groups is 1. The van der Waals surface area contributed by atoms with Gasteiger partial charge in [-0.2, -0.15) is 5.10 Å². The highest BCUT2D eigenvalue weighted by Gasteiger charge is 2.27. The van der Waals surface area contributed by atoms with E-state index in [0.717, 1.165) is 50.2 Å². The maximum Gasteiger partial charge on any atom is 0.274 e. The van der Waals surface area contributed by atoms with Gasteiger partial charge in [0, 0.05) is 17.9 Å². The number of hydrogen-bond acceptors (Lipinski definition) is 4. The van der Waals surface area contributed by atoms with Crippen molar-refractivity contribution in [2.24, 2.45) is 0 Å². The Hall–Kier alpha value is -1.92. The van der Waals surface area contributed by atoms with Crippen molar-refractivity contribution in [1.29, 1.82) is 0 Å². The number of hydrogen-bond donors (Lipinski definition) is 2. The van der Waals surface area contributed by atoms with Gasteiger partial charge in [-0.1, -0.05) is 13.0 Å². The lowest BCUT2D eigenvalue weighted by Crippen LogP contribution is -2.40. The van der Waals surface area contributed by atoms with Crippen LogP contribution in [0.25, 0.3) is 0 Å². The zero-order valence-electron chi connectivity index (χ0n) is 14.6. The highest BCUT2D eigenvalue weighted by molar-refractivity contribution is 5.92. The summed E-state index contributed by atoms with van der Waals surface area (Å²) < 4.78 is 0. The number of pyridine rings is 1. The second kappa shape index (κ2) is 9.53. The fourth-order valence-electron chi connectivity index (χ4n) is 3.14. The molecular weight excluding hydrogens is 338 g/mol. The Labute approximate surface area is 154 Å². The average molecular weight is 364 g/mol. The topological polar surface area (TPSA) is 73.9 Å². The van der Waals surface area contributed by atoms with Gasteiger partial charge >= 0.3 is 0 Å². The molecule has 7 heteroatoms. The van der Waals surface area contributed by atoms with E-state index in [2.05, 4.69) is 20.5 Å². The second-order valence-corrected chi connectivity index (χ2v) is 6.22. The van der Waals surface area contributed by atoms with Crippen LogP contribution in [0.1, 0.15) is 48.1 Å². The third-order valence-corrected chi connectivity index (χ3v) is 4.54. The largest absolute Gasteiger partial charge is 0.328 e. The van der Waals surface area contributed by atoms with Crippen LogP contribution in [0.5, 0.6) is 0 Å². The van der Waals surface area contributed by atoms with Crippen LogP contribution in [0.3, 0.4) is 0 Å². The Bertz CT molecular complexity index is 652. The molecule has 0 radical (unpaired) electrons. The molecule has 0 saturated carbocycles. The van der Waals surface area contributed by atoms with Crippen molar-refractivity contribution < 1.29 is 4.79 Å². The summed E-state index contributed by atoms with van der Waals surface area (Å²) in [7, 11) is 0. The van der Waals surface area contributed by atoms with E-state index in [1.807, 2.05) is 36.1 Å². The van der Waals surface area contributed by atoms with Crippen LogP contribution in [-0.4, -0.2) is 45.1 Å². The number of aromatic amines is 1. The van der Waals surface area contributed by atoms with E-state index >= 15 is 0 Å². The lowest BCUT2D eigenvalue weighted by atomic mass is 10.1. The molecule has 6 nitrogen and oxygen atoms in total. The van der Waals surface area contributed by atoms with Gasteiger partial charge in [-0.05, 0) is 57.0 Å². The van der Waals surface area contributed by atoms with Crippen LogP contribution in [0.2, 0.25) is 0 Å². The smallest absolute Gasteiger partial charge is 0.274 e. The lowest BCUT2D eigenvalue weighted by molar-refractivity contribution is 0.0636. The number of aryl methyl sites for hydroxylation is 1. The monoisotopic (exact) mass is 363 g/mol. The summed E-state index contributed by atoms with van der Waals surface area (Å²) in [4.78, 5) is 19.4. The molecule has 1 aliphatic rings. The highest BCUT2D eigenvalue weighted by Crippen LogP contribution is 2.19. The minimum absolute atomic E-state index is 0. The van der Waals surface area contributed by atoms with Crippen LogP contribution in [0.4, 0.5) is 0 Å². The molecule has 1 saturated heterocycles. The first-order valence-corrected chi connectivity index (χ1v) is 8.74. The SMILES string of the molecule is CCc1cc(C(=O)N(Cc2ccccn2)C2CCCNCC2)n[nH]1.Cl. The molecule has 1 atom stereocenters. The summed E-state index contributed by atoms with van der Waals surface area (Å²) >= 11 is 0. The molecular formula is C18H26ClN5O. The zero-order valence-corrected chi connectivity index (χ0v) is 15.4. The van der Waals surface area contributed by atoms with Crippen molar-refractivity contribution in [3.05, 3.63) is 47.5 Å². The molecule has 2 aromatic rings. The standard InChI is InChI=1S/C18H25N5O.ClH/c1-2-14-12-17(22-21-14)18(24)23(13-15-6-3-4-10-20-15)16-7-5-9-19-11-8-16;/h3-4,6,10,12,16,19H,2,5,7-9,11,13H2,1H3,(H,21,22);1H. The molecule has 3 rings (SSSR count). The summed E-state index contributed by atoms with van der Waals surface area (Å²) in [5.74, 6) is -0.0106. The maximum absolute atomic E-state index is 13.1. The molecule has 136 valence electrons. The Morgan fingerprint density at radius 3 is 2.92 bits per heavy atom. The highest BCUT2D eigenvalue weighted by atomic mass is 35.5. The van der Waals surface area contributed by atoms with Crippen LogP contribution >= 0.6 is 12.4 Å². The van der Waals surface area contributed by atoms with E-state index in [1.54, 1.807) is 6.20 Å². The molecule has 1 amide bonds. The number of nitrogens with one attached hydrogen (secondary N) is 2. The van der Waals surface area contributed by atoms with Crippen molar-refractivity contribution in [2.45, 2.75) is 45.2 Å². The quantitative estimate of drug-likeness (QED) is 0.856. The van der Waals surface area contributed by atoms with Gasteiger partial charge in [0.25, 0.3) is 5.91 Å². The van der Waals surface area contributed by atoms with Crippen molar-refractivity contribution in [1.82, 2.24) is 25.4 Å². The number of amides is 1. The van der Waals surface area contributed by atoms with Crippen molar-refractivity contribution in [3.63, 3.8) is 0 Å². The number of aromatic nitrogens is 3. The minimum Gasteiger partial charge on any atom is -0.328 e. The molecule has 1 unspecified atom stereocenters. The van der Waals surface area contributed by atoms with Gasteiger partial charge in [-0.25, -0.2) is 0 Å². The lowest BCUT2D eigenvalue weighted by Gasteiger charge is -2.30. The third kappa shape index (κ3) is 5.03. The third-order valence-electron chi connectivity index (χ3n) is 4.54. The Morgan fingerprint density at radius 2 is 2.20 bits per heavy atom. The van der Waals surface area contributed by atoms with Gasteiger partial charge in [0.05, 0.1) is 12.2 Å². The molecule has 3 heterocycles. The predicted octanol–water partition coefficient (Wildman–Crippen LogP) is 2.57. The fourth-order valence-corrected chi connectivity index (χ4v) is 3.14. The number of rotatable bonds is 5. The molecule has 0 aromatic carbocycles. The summed E-state index contributed by atoms with van der Waals surface area (Å²) in [5.41, 5.74) is 2.40. The number of nitrogens with zero attached hydrogens (tertiary/aromatic N) is 3. The molecule has 1 aliphatic heterocycles. The molecule has 0 bridgehead atoms. The van der Waals surface area contributed by atoms with Crippen LogP contribution in [-0.2, 0) is 13.0 Å². The van der Waals surface area contributed by atoms with Crippen molar-refractivity contribution in [2.75, 3.05) is 13.1 Å². The number of carbonyl (C=O) groups excluding carboxylic acids is 1. The van der Waals surface area contributed by atoms with E-state index in [0.29, 0.717) is 12.2 Å². The summed E-state index contributed by atoms with van der Waals surface area (Å²) in [6.45, 7) is 4.53. The van der Waals surface area contributed by atoms with E-state index in [9.17, 15) is 4.79 Å². The van der Waals surface area contributed by atoms with Crippen molar-refractivity contribution >= 4 is 18.3 Å². The van der Waals surface area contributed by atoms with E-state index in [4.69, 9.17) is 0 Å². The van der Waals surface area contributed by atoms with Gasteiger partial charge in [-0.15, -0.1) is 12.4 Å². The van der Waals surface area contributed by atoms with Gasteiger partial charge in [0.1, 0.15) is 5.69 Å². The van der Waals surface area contributed by atoms with Gasteiger partial charge in [-0.3, -0.25) is 14.9 Å². The number of H-pyrrole nitrogens is 1. The fraction of sp³-hybridized carbons (Fsp3) is 0.500. The molecule has 25 heavy (non-hydrogen) atoms. The first kappa shape index (κ1) is 19.4. The predicted molar refractivity (Wildman–Crippen MR) is 99.8 cm³/mol. The average Bonchev–Trinajstić information content (AvgIpc) is 2.95. The molecule has 2 N–H and O–H groups in total. The molecule has 1 fully saturated rings. The molecule has 0 aliphatic carbocycles. The van der Waals surface area contributed by atoms with Crippen LogP contribution < -0.4 is 5.32 Å². The molecule has 2 aromatic heterocycles. The van der Waals surface area contributed by atoms with Crippen LogP contribution in [0, 0.1) is 0 Å². The first-order chi connectivity index (χ1) is 11.8. The second-order valence-electron chi connectivity index (χ2n) is 6.22. The van der Waals surface area contributed by atoms with Crippen LogP contribution in [0.15, 0.2) is 30.5 Å². The van der Waals surface area contributed by atoms with Gasteiger partial charge < -0.3 is 10.2 Å².